The highest BCUT2D eigenvalue weighted by molar-refractivity contribution is 5.37. The molecule has 20 heavy (non-hydrogen) atoms. The van der Waals surface area contributed by atoms with Gasteiger partial charge in [0.2, 0.25) is 0 Å². The average molecular weight is 275 g/mol. The fourth-order valence-electron chi connectivity index (χ4n) is 2.86. The van der Waals surface area contributed by atoms with Gasteiger partial charge in [-0.3, -0.25) is 0 Å². The number of rotatable bonds is 9. The second-order valence-electron chi connectivity index (χ2n) is 6.65. The lowest BCUT2D eigenvalue weighted by molar-refractivity contribution is 0.512. The van der Waals surface area contributed by atoms with Gasteiger partial charge in [-0.1, -0.05) is 57.2 Å². The molecule has 0 atom stereocenters. The minimum atomic E-state index is 0.862. The zero-order chi connectivity index (χ0) is 15.0. The fourth-order valence-corrected chi connectivity index (χ4v) is 2.86. The average Bonchev–Trinajstić information content (AvgIpc) is 2.34. The number of hydrogen-bond donors (Lipinski definition) is 1. The molecular formula is C19H33N. The second kappa shape index (κ2) is 9.18. The van der Waals surface area contributed by atoms with Gasteiger partial charge < -0.3 is 5.32 Å². The number of unbranched alkanes of at least 4 members (excludes halogenated alkanes) is 3. The van der Waals surface area contributed by atoms with Crippen molar-refractivity contribution in [3.8, 4) is 0 Å². The lowest BCUT2D eigenvalue weighted by Crippen LogP contribution is -2.16. The maximum Gasteiger partial charge on any atom is 0.0210 e. The molecule has 114 valence electrons. The molecule has 1 aromatic carbocycles. The van der Waals surface area contributed by atoms with Crippen LogP contribution in [0, 0.1) is 26.7 Å². The topological polar surface area (TPSA) is 12.0 Å². The van der Waals surface area contributed by atoms with E-state index in [-0.39, 0.29) is 0 Å². The highest BCUT2D eigenvalue weighted by Crippen LogP contribution is 2.16. The molecule has 0 bridgehead atoms. The van der Waals surface area contributed by atoms with Crippen molar-refractivity contribution >= 4 is 0 Å². The number of benzene rings is 1. The van der Waals surface area contributed by atoms with E-state index < -0.39 is 0 Å². The van der Waals surface area contributed by atoms with E-state index in [0.29, 0.717) is 0 Å². The summed E-state index contributed by atoms with van der Waals surface area (Å²) in [4.78, 5) is 0. The van der Waals surface area contributed by atoms with Gasteiger partial charge in [-0.25, -0.2) is 0 Å². The van der Waals surface area contributed by atoms with Crippen LogP contribution in [-0.2, 0) is 6.54 Å². The van der Waals surface area contributed by atoms with Crippen molar-refractivity contribution in [3.63, 3.8) is 0 Å². The molecule has 0 aliphatic carbocycles. The van der Waals surface area contributed by atoms with Gasteiger partial charge in [0.05, 0.1) is 0 Å². The first kappa shape index (κ1) is 17.2. The Kier molecular flexibility index (Phi) is 7.91. The van der Waals surface area contributed by atoms with Crippen LogP contribution in [0.25, 0.3) is 0 Å². The van der Waals surface area contributed by atoms with E-state index in [4.69, 9.17) is 0 Å². The van der Waals surface area contributed by atoms with Crippen molar-refractivity contribution in [2.24, 2.45) is 5.92 Å². The number of hydrogen-bond acceptors (Lipinski definition) is 1. The zero-order valence-electron chi connectivity index (χ0n) is 14.2. The molecule has 0 aromatic heterocycles. The summed E-state index contributed by atoms with van der Waals surface area (Å²) in [5.41, 5.74) is 5.70. The second-order valence-corrected chi connectivity index (χ2v) is 6.65. The van der Waals surface area contributed by atoms with Gasteiger partial charge in [0.25, 0.3) is 0 Å². The van der Waals surface area contributed by atoms with Crippen molar-refractivity contribution in [2.45, 2.75) is 73.3 Å². The molecule has 0 spiro atoms. The number of aryl methyl sites for hydroxylation is 3. The van der Waals surface area contributed by atoms with Crippen molar-refractivity contribution < 1.29 is 0 Å². The van der Waals surface area contributed by atoms with Crippen molar-refractivity contribution in [1.82, 2.24) is 5.32 Å². The molecule has 0 unspecified atom stereocenters. The van der Waals surface area contributed by atoms with Crippen LogP contribution in [0.1, 0.15) is 68.2 Å². The van der Waals surface area contributed by atoms with Crippen LogP contribution in [0.5, 0.6) is 0 Å². The normalized spacial score (nSPS) is 11.3. The summed E-state index contributed by atoms with van der Waals surface area (Å²) >= 11 is 0. The summed E-state index contributed by atoms with van der Waals surface area (Å²) in [6, 6.07) is 4.58. The monoisotopic (exact) mass is 275 g/mol. The van der Waals surface area contributed by atoms with Crippen molar-refractivity contribution in [1.29, 1.82) is 0 Å². The zero-order valence-corrected chi connectivity index (χ0v) is 14.2. The quantitative estimate of drug-likeness (QED) is 0.602. The Labute approximate surface area is 126 Å². The lowest BCUT2D eigenvalue weighted by atomic mass is 10.00. The Hall–Kier alpha value is -0.820. The first-order chi connectivity index (χ1) is 9.50. The van der Waals surface area contributed by atoms with Gasteiger partial charge >= 0.3 is 0 Å². The Bertz CT molecular complexity index is 370. The largest absolute Gasteiger partial charge is 0.313 e. The molecule has 0 fully saturated rings. The Morgan fingerprint density at radius 2 is 1.50 bits per heavy atom. The Balaban J connectivity index is 2.16. The Morgan fingerprint density at radius 1 is 0.900 bits per heavy atom. The van der Waals surface area contributed by atoms with Crippen LogP contribution in [0.15, 0.2) is 12.1 Å². The minimum absolute atomic E-state index is 0.862. The van der Waals surface area contributed by atoms with Crippen LogP contribution in [0.4, 0.5) is 0 Å². The molecule has 0 amide bonds. The maximum absolute atomic E-state index is 3.60. The molecule has 1 heteroatoms. The molecule has 1 rings (SSSR count). The summed E-state index contributed by atoms with van der Waals surface area (Å²) in [6.45, 7) is 13.4. The molecule has 0 heterocycles. The molecule has 0 radical (unpaired) electrons. The molecule has 1 aromatic rings. The van der Waals surface area contributed by atoms with Gasteiger partial charge in [0.1, 0.15) is 0 Å². The Morgan fingerprint density at radius 3 is 2.10 bits per heavy atom. The summed E-state index contributed by atoms with van der Waals surface area (Å²) in [5.74, 6) is 0.862. The lowest BCUT2D eigenvalue weighted by Gasteiger charge is -2.12. The van der Waals surface area contributed by atoms with Crippen LogP contribution < -0.4 is 5.32 Å². The minimum Gasteiger partial charge on any atom is -0.313 e. The molecule has 1 N–H and O–H groups in total. The van der Waals surface area contributed by atoms with E-state index in [0.717, 1.165) is 19.0 Å². The third-order valence-corrected chi connectivity index (χ3v) is 4.03. The molecule has 0 saturated carbocycles. The van der Waals surface area contributed by atoms with E-state index in [9.17, 15) is 0 Å². The van der Waals surface area contributed by atoms with Gasteiger partial charge in [-0.2, -0.15) is 0 Å². The van der Waals surface area contributed by atoms with Gasteiger partial charge in [0, 0.05) is 6.54 Å². The smallest absolute Gasteiger partial charge is 0.0210 e. The standard InChI is InChI=1S/C19H33N/c1-15(2)10-8-6-7-9-11-20-14-19-17(4)12-16(3)13-18(19)5/h12-13,15,20H,6-11,14H2,1-5H3. The van der Waals surface area contributed by atoms with E-state index in [1.807, 2.05) is 0 Å². The van der Waals surface area contributed by atoms with Gasteiger partial charge in [-0.05, 0) is 56.3 Å². The number of nitrogens with one attached hydrogen (secondary N) is 1. The van der Waals surface area contributed by atoms with Gasteiger partial charge in [-0.15, -0.1) is 0 Å². The summed E-state index contributed by atoms with van der Waals surface area (Å²) < 4.78 is 0. The van der Waals surface area contributed by atoms with Gasteiger partial charge in [0.15, 0.2) is 0 Å². The van der Waals surface area contributed by atoms with E-state index in [1.165, 1.54) is 54.4 Å². The molecular weight excluding hydrogens is 242 g/mol. The van der Waals surface area contributed by atoms with E-state index >= 15 is 0 Å². The summed E-state index contributed by atoms with van der Waals surface area (Å²) in [6.07, 6.45) is 6.85. The van der Waals surface area contributed by atoms with Crippen molar-refractivity contribution in [3.05, 3.63) is 34.4 Å². The highest BCUT2D eigenvalue weighted by atomic mass is 14.8. The fraction of sp³-hybridized carbons (Fsp3) is 0.684. The summed E-state index contributed by atoms with van der Waals surface area (Å²) in [5, 5.41) is 3.60. The first-order valence-corrected chi connectivity index (χ1v) is 8.28. The molecule has 0 aliphatic rings. The molecule has 0 saturated heterocycles. The SMILES string of the molecule is Cc1cc(C)c(CNCCCCCCC(C)C)c(C)c1. The van der Waals surface area contributed by atoms with E-state index in [1.54, 1.807) is 0 Å². The van der Waals surface area contributed by atoms with Crippen LogP contribution in [-0.4, -0.2) is 6.54 Å². The van der Waals surface area contributed by atoms with E-state index in [2.05, 4.69) is 52.1 Å². The third-order valence-electron chi connectivity index (χ3n) is 4.03. The molecule has 1 nitrogen and oxygen atoms in total. The third kappa shape index (κ3) is 6.56. The summed E-state index contributed by atoms with van der Waals surface area (Å²) in [7, 11) is 0. The predicted octanol–water partition coefficient (Wildman–Crippen LogP) is 5.31. The first-order valence-electron chi connectivity index (χ1n) is 8.28. The maximum atomic E-state index is 3.60. The highest BCUT2D eigenvalue weighted by Gasteiger charge is 2.03. The van der Waals surface area contributed by atoms with Crippen LogP contribution in [0.3, 0.4) is 0 Å². The predicted molar refractivity (Wildman–Crippen MR) is 90.3 cm³/mol. The van der Waals surface area contributed by atoms with Crippen molar-refractivity contribution in [2.75, 3.05) is 6.54 Å². The molecule has 0 aliphatic heterocycles. The van der Waals surface area contributed by atoms with Crippen LogP contribution >= 0.6 is 0 Å². The van der Waals surface area contributed by atoms with Crippen LogP contribution in [0.2, 0.25) is 0 Å².